The van der Waals surface area contributed by atoms with E-state index in [0.29, 0.717) is 12.1 Å². The molecule has 0 fully saturated rings. The summed E-state index contributed by atoms with van der Waals surface area (Å²) in [5, 5.41) is 6.96. The van der Waals surface area contributed by atoms with E-state index in [9.17, 15) is 9.18 Å². The van der Waals surface area contributed by atoms with Gasteiger partial charge in [-0.3, -0.25) is 14.5 Å². The molecule has 0 bridgehead atoms. The Morgan fingerprint density at radius 2 is 2.04 bits per heavy atom. The molecule has 1 amide bonds. The molecule has 0 aliphatic carbocycles. The summed E-state index contributed by atoms with van der Waals surface area (Å²) in [4.78, 5) is 16.5. The predicted octanol–water partition coefficient (Wildman–Crippen LogP) is 2.55. The number of carbonyl (C=O) groups is 1. The number of rotatable bonds is 4. The van der Waals surface area contributed by atoms with E-state index in [1.54, 1.807) is 17.1 Å². The second kappa shape index (κ2) is 6.39. The fraction of sp³-hybridized carbons (Fsp3) is 0.118. The smallest absolute Gasteiger partial charge is 0.251 e. The van der Waals surface area contributed by atoms with Crippen molar-refractivity contribution in [1.82, 2.24) is 20.1 Å². The van der Waals surface area contributed by atoms with Gasteiger partial charge in [0.1, 0.15) is 5.82 Å². The van der Waals surface area contributed by atoms with E-state index in [1.165, 1.54) is 24.3 Å². The summed E-state index contributed by atoms with van der Waals surface area (Å²) in [6.07, 6.45) is 5.30. The lowest BCUT2D eigenvalue weighted by Gasteiger charge is -2.09. The van der Waals surface area contributed by atoms with Gasteiger partial charge in [-0.1, -0.05) is 6.07 Å². The van der Waals surface area contributed by atoms with Gasteiger partial charge in [-0.15, -0.1) is 0 Å². The third-order valence-electron chi connectivity index (χ3n) is 3.42. The minimum absolute atomic E-state index is 0.258. The number of benzene rings is 1. The average molecular weight is 310 g/mol. The van der Waals surface area contributed by atoms with Crippen molar-refractivity contribution in [1.29, 1.82) is 0 Å². The van der Waals surface area contributed by atoms with Crippen LogP contribution in [-0.2, 0) is 13.6 Å². The number of nitrogens with zero attached hydrogens (tertiary/aromatic N) is 3. The van der Waals surface area contributed by atoms with Crippen molar-refractivity contribution in [3.05, 3.63) is 71.9 Å². The molecule has 23 heavy (non-hydrogen) atoms. The molecule has 2 aromatic heterocycles. The first-order chi connectivity index (χ1) is 11.1. The number of halogens is 1. The van der Waals surface area contributed by atoms with Crippen LogP contribution in [0.15, 0.2) is 55.0 Å². The van der Waals surface area contributed by atoms with Gasteiger partial charge in [0.05, 0.1) is 11.9 Å². The van der Waals surface area contributed by atoms with Gasteiger partial charge in [-0.2, -0.15) is 5.10 Å². The highest BCUT2D eigenvalue weighted by Gasteiger charge is 2.10. The van der Waals surface area contributed by atoms with Crippen molar-refractivity contribution in [2.24, 2.45) is 7.05 Å². The second-order valence-corrected chi connectivity index (χ2v) is 5.10. The molecule has 116 valence electrons. The molecule has 0 spiro atoms. The van der Waals surface area contributed by atoms with Gasteiger partial charge >= 0.3 is 0 Å². The summed E-state index contributed by atoms with van der Waals surface area (Å²) in [7, 11) is 1.84. The molecule has 5 nitrogen and oxygen atoms in total. The number of amides is 1. The van der Waals surface area contributed by atoms with E-state index in [1.807, 2.05) is 25.4 Å². The normalized spacial score (nSPS) is 10.5. The maximum absolute atomic E-state index is 12.9. The van der Waals surface area contributed by atoms with Gasteiger partial charge < -0.3 is 5.32 Å². The Morgan fingerprint density at radius 3 is 2.74 bits per heavy atom. The van der Waals surface area contributed by atoms with E-state index in [0.717, 1.165) is 16.8 Å². The summed E-state index contributed by atoms with van der Waals surface area (Å²) >= 11 is 0. The third-order valence-corrected chi connectivity index (χ3v) is 3.42. The first-order valence-corrected chi connectivity index (χ1v) is 7.10. The number of nitrogens with one attached hydrogen (secondary N) is 1. The molecule has 0 saturated carbocycles. The lowest BCUT2D eigenvalue weighted by molar-refractivity contribution is 0.0951. The van der Waals surface area contributed by atoms with E-state index >= 15 is 0 Å². The largest absolute Gasteiger partial charge is 0.348 e. The zero-order valence-corrected chi connectivity index (χ0v) is 12.5. The van der Waals surface area contributed by atoms with Crippen molar-refractivity contribution >= 4 is 5.91 Å². The average Bonchev–Trinajstić information content (AvgIpc) is 3.00. The van der Waals surface area contributed by atoms with Crippen LogP contribution in [0, 0.1) is 5.82 Å². The topological polar surface area (TPSA) is 59.8 Å². The monoisotopic (exact) mass is 310 g/mol. The Kier molecular flexibility index (Phi) is 4.14. The van der Waals surface area contributed by atoms with Gasteiger partial charge in [0, 0.05) is 37.1 Å². The van der Waals surface area contributed by atoms with Gasteiger partial charge in [-0.25, -0.2) is 4.39 Å². The summed E-state index contributed by atoms with van der Waals surface area (Å²) in [6, 6.07) is 9.16. The van der Waals surface area contributed by atoms with Gasteiger partial charge in [-0.05, 0) is 35.9 Å². The third kappa shape index (κ3) is 3.42. The van der Waals surface area contributed by atoms with Crippen molar-refractivity contribution < 1.29 is 9.18 Å². The Bertz CT molecular complexity index is 827. The first kappa shape index (κ1) is 14.9. The lowest BCUT2D eigenvalue weighted by atomic mass is 10.1. The minimum Gasteiger partial charge on any atom is -0.348 e. The molecule has 0 unspecified atom stereocenters. The first-order valence-electron chi connectivity index (χ1n) is 7.10. The standard InChI is InChI=1S/C17H15FN4O/c1-22-11-14(10-21-22)16-13(3-2-8-19-16)9-20-17(23)12-4-6-15(18)7-5-12/h2-8,10-11H,9H2,1H3,(H,20,23). The summed E-state index contributed by atoms with van der Waals surface area (Å²) < 4.78 is 14.6. The molecule has 0 aliphatic rings. The maximum atomic E-state index is 12.9. The number of aromatic nitrogens is 3. The number of hydrogen-bond donors (Lipinski definition) is 1. The molecule has 2 heterocycles. The van der Waals surface area contributed by atoms with Crippen LogP contribution in [-0.4, -0.2) is 20.7 Å². The lowest BCUT2D eigenvalue weighted by Crippen LogP contribution is -2.23. The van der Waals surface area contributed by atoms with Crippen molar-refractivity contribution in [3.8, 4) is 11.3 Å². The molecule has 6 heteroatoms. The Balaban J connectivity index is 1.76. The van der Waals surface area contributed by atoms with Crippen LogP contribution >= 0.6 is 0 Å². The Hall–Kier alpha value is -3.02. The fourth-order valence-corrected chi connectivity index (χ4v) is 2.26. The zero-order chi connectivity index (χ0) is 16.2. The highest BCUT2D eigenvalue weighted by atomic mass is 19.1. The SMILES string of the molecule is Cn1cc(-c2ncccc2CNC(=O)c2ccc(F)cc2)cn1. The highest BCUT2D eigenvalue weighted by molar-refractivity contribution is 5.94. The van der Waals surface area contributed by atoms with Crippen molar-refractivity contribution in [2.45, 2.75) is 6.54 Å². The van der Waals surface area contributed by atoms with Crippen LogP contribution in [0.3, 0.4) is 0 Å². The summed E-state index contributed by atoms with van der Waals surface area (Å²) in [5.74, 6) is -0.626. The fourth-order valence-electron chi connectivity index (χ4n) is 2.26. The highest BCUT2D eigenvalue weighted by Crippen LogP contribution is 2.20. The number of hydrogen-bond acceptors (Lipinski definition) is 3. The Morgan fingerprint density at radius 1 is 1.26 bits per heavy atom. The second-order valence-electron chi connectivity index (χ2n) is 5.10. The molecule has 0 radical (unpaired) electrons. The van der Waals surface area contributed by atoms with Crippen LogP contribution < -0.4 is 5.32 Å². The molecule has 1 aromatic carbocycles. The number of pyridine rings is 1. The van der Waals surface area contributed by atoms with Crippen LogP contribution in [0.5, 0.6) is 0 Å². The molecule has 0 aliphatic heterocycles. The maximum Gasteiger partial charge on any atom is 0.251 e. The van der Waals surface area contributed by atoms with Crippen molar-refractivity contribution in [3.63, 3.8) is 0 Å². The summed E-state index contributed by atoms with van der Waals surface area (Å²) in [5.41, 5.74) is 2.97. The number of carbonyl (C=O) groups excluding carboxylic acids is 1. The zero-order valence-electron chi connectivity index (χ0n) is 12.5. The molecule has 3 aromatic rings. The molecular weight excluding hydrogens is 295 g/mol. The van der Waals surface area contributed by atoms with E-state index in [-0.39, 0.29) is 11.7 Å². The van der Waals surface area contributed by atoms with E-state index < -0.39 is 0 Å². The molecule has 1 N–H and O–H groups in total. The van der Waals surface area contributed by atoms with Crippen molar-refractivity contribution in [2.75, 3.05) is 0 Å². The molecular formula is C17H15FN4O. The quantitative estimate of drug-likeness (QED) is 0.805. The van der Waals surface area contributed by atoms with Crippen LogP contribution in [0.4, 0.5) is 4.39 Å². The summed E-state index contributed by atoms with van der Waals surface area (Å²) in [6.45, 7) is 0.328. The van der Waals surface area contributed by atoms with E-state index in [2.05, 4.69) is 15.4 Å². The molecule has 3 rings (SSSR count). The van der Waals surface area contributed by atoms with Gasteiger partial charge in [0.25, 0.3) is 5.91 Å². The molecule has 0 saturated heterocycles. The molecule has 0 atom stereocenters. The predicted molar refractivity (Wildman–Crippen MR) is 84.0 cm³/mol. The minimum atomic E-state index is -0.368. The van der Waals surface area contributed by atoms with Crippen LogP contribution in [0.25, 0.3) is 11.3 Å². The van der Waals surface area contributed by atoms with Gasteiger partial charge in [0.15, 0.2) is 0 Å². The van der Waals surface area contributed by atoms with Crippen LogP contribution in [0.2, 0.25) is 0 Å². The van der Waals surface area contributed by atoms with E-state index in [4.69, 9.17) is 0 Å². The van der Waals surface area contributed by atoms with Gasteiger partial charge in [0.2, 0.25) is 0 Å². The Labute approximate surface area is 132 Å². The number of aryl methyl sites for hydroxylation is 1. The van der Waals surface area contributed by atoms with Crippen LogP contribution in [0.1, 0.15) is 15.9 Å².